The lowest BCUT2D eigenvalue weighted by Crippen LogP contribution is -2.19. The molecule has 0 aliphatic heterocycles. The van der Waals surface area contributed by atoms with Crippen molar-refractivity contribution in [2.24, 2.45) is 0 Å². The average molecular weight is 583 g/mol. The summed E-state index contributed by atoms with van der Waals surface area (Å²) in [5.74, 6) is 0. The standard InChI is InChI=1S/C35H35ClN2O2.CH4O/c1-37-22-21-34-31(14-8-9-26-15-17-27(18-16-26)24-40-25-39)32-23-30(36)19-20-33(32)38(34)35(28-10-4-2-5-11-28)29-12-6-3-7-13-29;1-2/h2-7,10-13,15-20,23,25,35,37H,8-9,14,21-22,24H2,1H3;2H,1H3. The Balaban J connectivity index is 0.00000198. The van der Waals surface area contributed by atoms with Gasteiger partial charge in [0, 0.05) is 41.7 Å². The fourth-order valence-corrected chi connectivity index (χ4v) is 5.83. The van der Waals surface area contributed by atoms with Crippen molar-refractivity contribution >= 4 is 29.0 Å². The quantitative estimate of drug-likeness (QED) is 0.145. The Morgan fingerprint density at radius 1 is 0.833 bits per heavy atom. The topological polar surface area (TPSA) is 63.5 Å². The SMILES string of the molecule is CNCCc1c(CCCc2ccc(COC=O)cc2)c2cc(Cl)ccc2n1C(c1ccccc1)c1ccccc1.CO. The molecule has 2 N–H and O–H groups in total. The first-order valence-electron chi connectivity index (χ1n) is 14.3. The lowest BCUT2D eigenvalue weighted by atomic mass is 9.97. The third kappa shape index (κ3) is 7.48. The molecule has 0 unspecified atom stereocenters. The average Bonchev–Trinajstić information content (AvgIpc) is 3.33. The predicted molar refractivity (Wildman–Crippen MR) is 172 cm³/mol. The van der Waals surface area contributed by atoms with Crippen LogP contribution >= 0.6 is 11.6 Å². The number of carbonyl (C=O) groups is 1. The number of benzene rings is 4. The fourth-order valence-electron chi connectivity index (χ4n) is 5.66. The van der Waals surface area contributed by atoms with E-state index in [0.717, 1.165) is 49.9 Å². The number of ether oxygens (including phenoxy) is 1. The van der Waals surface area contributed by atoms with Crippen LogP contribution in [0.5, 0.6) is 0 Å². The van der Waals surface area contributed by atoms with Gasteiger partial charge in [-0.05, 0) is 72.3 Å². The lowest BCUT2D eigenvalue weighted by molar-refractivity contribution is -0.129. The van der Waals surface area contributed by atoms with Crippen LogP contribution in [0.1, 0.15) is 46.0 Å². The van der Waals surface area contributed by atoms with Gasteiger partial charge < -0.3 is 19.7 Å². The summed E-state index contributed by atoms with van der Waals surface area (Å²) in [5, 5.41) is 12.4. The second-order valence-corrected chi connectivity index (χ2v) is 10.5. The zero-order chi connectivity index (χ0) is 29.7. The molecule has 0 saturated carbocycles. The molecule has 42 heavy (non-hydrogen) atoms. The Labute approximate surface area is 253 Å². The minimum Gasteiger partial charge on any atom is -0.463 e. The molecule has 0 spiro atoms. The maximum Gasteiger partial charge on any atom is 0.293 e. The molecule has 5 rings (SSSR count). The van der Waals surface area contributed by atoms with Gasteiger partial charge in [-0.3, -0.25) is 4.79 Å². The first-order valence-corrected chi connectivity index (χ1v) is 14.7. The monoisotopic (exact) mass is 582 g/mol. The van der Waals surface area contributed by atoms with Crippen LogP contribution in [0.2, 0.25) is 5.02 Å². The van der Waals surface area contributed by atoms with Gasteiger partial charge in [0.15, 0.2) is 0 Å². The number of nitrogens with one attached hydrogen (secondary N) is 1. The van der Waals surface area contributed by atoms with E-state index < -0.39 is 0 Å². The van der Waals surface area contributed by atoms with Crippen molar-refractivity contribution in [3.8, 4) is 0 Å². The van der Waals surface area contributed by atoms with Crippen LogP contribution in [0.15, 0.2) is 103 Å². The van der Waals surface area contributed by atoms with E-state index in [4.69, 9.17) is 21.4 Å². The molecule has 6 heteroatoms. The van der Waals surface area contributed by atoms with E-state index >= 15 is 0 Å². The number of aryl methyl sites for hydroxylation is 2. The van der Waals surface area contributed by atoms with Gasteiger partial charge in [-0.15, -0.1) is 0 Å². The van der Waals surface area contributed by atoms with Crippen LogP contribution < -0.4 is 5.32 Å². The summed E-state index contributed by atoms with van der Waals surface area (Å²) in [7, 11) is 3.01. The third-order valence-electron chi connectivity index (χ3n) is 7.52. The van der Waals surface area contributed by atoms with Crippen LogP contribution in [0, 0.1) is 0 Å². The highest BCUT2D eigenvalue weighted by atomic mass is 35.5. The Morgan fingerprint density at radius 3 is 2.05 bits per heavy atom. The highest BCUT2D eigenvalue weighted by Crippen LogP contribution is 2.38. The number of likely N-dealkylation sites (N-methyl/N-ethyl adjacent to an activating group) is 1. The molecule has 0 radical (unpaired) electrons. The zero-order valence-corrected chi connectivity index (χ0v) is 25.1. The van der Waals surface area contributed by atoms with Crippen LogP contribution in [0.3, 0.4) is 0 Å². The number of halogens is 1. The van der Waals surface area contributed by atoms with Gasteiger partial charge in [0.25, 0.3) is 6.47 Å². The van der Waals surface area contributed by atoms with E-state index in [-0.39, 0.29) is 6.04 Å². The van der Waals surface area contributed by atoms with Gasteiger partial charge in [0.05, 0.1) is 6.04 Å². The molecule has 1 aromatic heterocycles. The number of hydrogen-bond donors (Lipinski definition) is 2. The molecule has 0 bridgehead atoms. The molecule has 0 amide bonds. The van der Waals surface area contributed by atoms with E-state index in [1.807, 2.05) is 25.2 Å². The molecule has 5 aromatic rings. The van der Waals surface area contributed by atoms with Crippen LogP contribution in [-0.2, 0) is 35.4 Å². The smallest absolute Gasteiger partial charge is 0.293 e. The number of aliphatic hydroxyl groups is 1. The van der Waals surface area contributed by atoms with E-state index in [1.54, 1.807) is 0 Å². The Morgan fingerprint density at radius 2 is 1.45 bits per heavy atom. The van der Waals surface area contributed by atoms with E-state index in [9.17, 15) is 4.79 Å². The molecule has 0 saturated heterocycles. The van der Waals surface area contributed by atoms with Crippen molar-refractivity contribution in [3.63, 3.8) is 0 Å². The molecule has 0 fully saturated rings. The largest absolute Gasteiger partial charge is 0.463 e. The minimum atomic E-state index is 0.0489. The number of aliphatic hydroxyl groups excluding tert-OH is 1. The van der Waals surface area contributed by atoms with Gasteiger partial charge in [-0.25, -0.2) is 0 Å². The summed E-state index contributed by atoms with van der Waals surface area (Å²) in [5.41, 5.74) is 8.73. The highest BCUT2D eigenvalue weighted by molar-refractivity contribution is 6.31. The molecular weight excluding hydrogens is 544 g/mol. The van der Waals surface area contributed by atoms with Crippen molar-refractivity contribution in [2.45, 2.75) is 38.3 Å². The van der Waals surface area contributed by atoms with Gasteiger partial charge in [-0.2, -0.15) is 0 Å². The van der Waals surface area contributed by atoms with E-state index in [2.05, 4.69) is 94.8 Å². The Bertz CT molecular complexity index is 1490. The Kier molecular flexibility index (Phi) is 11.8. The lowest BCUT2D eigenvalue weighted by Gasteiger charge is -2.25. The van der Waals surface area contributed by atoms with Crippen molar-refractivity contribution < 1.29 is 14.6 Å². The van der Waals surface area contributed by atoms with Gasteiger partial charge in [0.1, 0.15) is 6.61 Å². The summed E-state index contributed by atoms with van der Waals surface area (Å²) < 4.78 is 7.43. The molecule has 0 aliphatic rings. The summed E-state index contributed by atoms with van der Waals surface area (Å²) in [4.78, 5) is 10.5. The van der Waals surface area contributed by atoms with E-state index in [1.165, 1.54) is 38.9 Å². The number of nitrogens with zero attached hydrogens (tertiary/aromatic N) is 1. The molecule has 218 valence electrons. The summed E-state index contributed by atoms with van der Waals surface area (Å²) >= 11 is 6.60. The molecule has 0 atom stereocenters. The predicted octanol–water partition coefficient (Wildman–Crippen LogP) is 7.15. The number of aromatic nitrogens is 1. The third-order valence-corrected chi connectivity index (χ3v) is 7.75. The molecule has 0 aliphatic carbocycles. The van der Waals surface area contributed by atoms with Crippen LogP contribution in [0.4, 0.5) is 0 Å². The van der Waals surface area contributed by atoms with Gasteiger partial charge >= 0.3 is 0 Å². The van der Waals surface area contributed by atoms with Crippen LogP contribution in [-0.4, -0.2) is 36.8 Å². The zero-order valence-electron chi connectivity index (χ0n) is 24.3. The molecule has 1 heterocycles. The van der Waals surface area contributed by atoms with Crippen molar-refractivity contribution in [1.82, 2.24) is 9.88 Å². The van der Waals surface area contributed by atoms with Crippen molar-refractivity contribution in [2.75, 3.05) is 20.7 Å². The van der Waals surface area contributed by atoms with Crippen molar-refractivity contribution in [3.05, 3.63) is 142 Å². The molecule has 5 nitrogen and oxygen atoms in total. The van der Waals surface area contributed by atoms with Gasteiger partial charge in [-0.1, -0.05) is 96.5 Å². The van der Waals surface area contributed by atoms with E-state index in [0.29, 0.717) is 13.1 Å². The maximum atomic E-state index is 10.5. The first kappa shape index (κ1) is 31.0. The number of hydrogen-bond acceptors (Lipinski definition) is 4. The second-order valence-electron chi connectivity index (χ2n) is 10.1. The summed E-state index contributed by atoms with van der Waals surface area (Å²) in [6, 6.07) is 36.3. The number of fused-ring (bicyclic) bond motifs is 1. The first-order chi connectivity index (χ1) is 20.7. The summed E-state index contributed by atoms with van der Waals surface area (Å²) in [6.45, 7) is 1.68. The normalized spacial score (nSPS) is 10.9. The van der Waals surface area contributed by atoms with Gasteiger partial charge in [0.2, 0.25) is 0 Å². The number of carbonyl (C=O) groups excluding carboxylic acids is 1. The molecule has 4 aromatic carbocycles. The maximum absolute atomic E-state index is 10.5. The number of rotatable bonds is 13. The van der Waals surface area contributed by atoms with Crippen LogP contribution in [0.25, 0.3) is 10.9 Å². The highest BCUT2D eigenvalue weighted by Gasteiger charge is 2.25. The van der Waals surface area contributed by atoms with Crippen molar-refractivity contribution in [1.29, 1.82) is 0 Å². The summed E-state index contributed by atoms with van der Waals surface area (Å²) in [6.07, 6.45) is 3.85. The molecular formula is C36H39ClN2O3. The Hall–Kier alpha value is -3.90. The minimum absolute atomic E-state index is 0.0489. The fraction of sp³-hybridized carbons (Fsp3) is 0.250. The second kappa shape index (κ2) is 15.9.